The molecule has 0 N–H and O–H groups in total. The number of likely N-dealkylation sites (tertiary alicyclic amines) is 1. The Morgan fingerprint density at radius 2 is 2.24 bits per heavy atom. The molecule has 4 heteroatoms. The lowest BCUT2D eigenvalue weighted by Crippen LogP contribution is -2.39. The van der Waals surface area contributed by atoms with E-state index in [4.69, 9.17) is 23.2 Å². The van der Waals surface area contributed by atoms with Gasteiger partial charge in [0.1, 0.15) is 5.82 Å². The summed E-state index contributed by atoms with van der Waals surface area (Å²) in [4.78, 5) is 2.28. The lowest BCUT2D eigenvalue weighted by Gasteiger charge is -2.34. The molecule has 0 bridgehead atoms. The Morgan fingerprint density at radius 1 is 1.47 bits per heavy atom. The van der Waals surface area contributed by atoms with Gasteiger partial charge in [0, 0.05) is 18.5 Å². The third kappa shape index (κ3) is 3.12. The summed E-state index contributed by atoms with van der Waals surface area (Å²) in [6, 6.07) is 4.97. The van der Waals surface area contributed by atoms with Crippen LogP contribution < -0.4 is 0 Å². The van der Waals surface area contributed by atoms with Gasteiger partial charge >= 0.3 is 0 Å². The molecule has 17 heavy (non-hydrogen) atoms. The monoisotopic (exact) mass is 275 g/mol. The first-order chi connectivity index (χ1) is 8.08. The smallest absolute Gasteiger partial charge is 0.142 e. The van der Waals surface area contributed by atoms with Gasteiger partial charge in [0.2, 0.25) is 0 Å². The van der Waals surface area contributed by atoms with Gasteiger partial charge in [0.05, 0.1) is 5.02 Å². The summed E-state index contributed by atoms with van der Waals surface area (Å²) in [6.07, 6.45) is 0.982. The van der Waals surface area contributed by atoms with Crippen LogP contribution in [0.25, 0.3) is 0 Å². The second-order valence-electron chi connectivity index (χ2n) is 4.73. The fraction of sp³-hybridized carbons (Fsp3) is 0.538. The fourth-order valence-electron chi connectivity index (χ4n) is 2.26. The topological polar surface area (TPSA) is 3.24 Å². The van der Waals surface area contributed by atoms with Crippen molar-refractivity contribution < 1.29 is 4.39 Å². The standard InChI is InChI=1S/C13H16Cl2FN/c1-9-7-17(6-5-11(9)14)8-10-3-2-4-12(16)13(10)15/h2-4,9,11H,5-8H2,1H3. The van der Waals surface area contributed by atoms with Gasteiger partial charge in [-0.15, -0.1) is 11.6 Å². The van der Waals surface area contributed by atoms with Crippen LogP contribution >= 0.6 is 23.2 Å². The molecule has 1 aliphatic rings. The van der Waals surface area contributed by atoms with Gasteiger partial charge in [-0.25, -0.2) is 4.39 Å². The number of nitrogens with zero attached hydrogens (tertiary/aromatic N) is 1. The zero-order chi connectivity index (χ0) is 12.4. The summed E-state index contributed by atoms with van der Waals surface area (Å²) in [5.41, 5.74) is 0.854. The molecule has 1 aromatic rings. The lowest BCUT2D eigenvalue weighted by molar-refractivity contribution is 0.180. The number of hydrogen-bond donors (Lipinski definition) is 0. The molecule has 2 unspecified atom stereocenters. The number of hydrogen-bond acceptors (Lipinski definition) is 1. The van der Waals surface area contributed by atoms with Crippen molar-refractivity contribution in [2.75, 3.05) is 13.1 Å². The molecule has 94 valence electrons. The van der Waals surface area contributed by atoms with Crippen molar-refractivity contribution in [2.45, 2.75) is 25.3 Å². The summed E-state index contributed by atoms with van der Waals surface area (Å²) in [5.74, 6) is 0.127. The first kappa shape index (κ1) is 13.1. The minimum absolute atomic E-state index is 0.244. The van der Waals surface area contributed by atoms with Gasteiger partial charge in [-0.1, -0.05) is 30.7 Å². The molecule has 2 rings (SSSR count). The third-order valence-corrected chi connectivity index (χ3v) is 4.38. The van der Waals surface area contributed by atoms with Gasteiger partial charge < -0.3 is 0 Å². The highest BCUT2D eigenvalue weighted by Gasteiger charge is 2.24. The van der Waals surface area contributed by atoms with E-state index in [0.717, 1.165) is 25.1 Å². The molecule has 1 aliphatic heterocycles. The van der Waals surface area contributed by atoms with Crippen LogP contribution in [0.15, 0.2) is 18.2 Å². The van der Waals surface area contributed by atoms with E-state index in [0.29, 0.717) is 12.5 Å². The van der Waals surface area contributed by atoms with E-state index < -0.39 is 0 Å². The maximum Gasteiger partial charge on any atom is 0.142 e. The summed E-state index contributed by atoms with van der Waals surface area (Å²) in [5, 5.41) is 0.502. The number of benzene rings is 1. The normalized spacial score (nSPS) is 26.1. The first-order valence-corrected chi connectivity index (χ1v) is 6.68. The lowest BCUT2D eigenvalue weighted by atomic mass is 9.99. The molecule has 0 radical (unpaired) electrons. The second kappa shape index (κ2) is 5.55. The quantitative estimate of drug-likeness (QED) is 0.740. The van der Waals surface area contributed by atoms with Crippen molar-refractivity contribution in [1.29, 1.82) is 0 Å². The SMILES string of the molecule is CC1CN(Cc2cccc(F)c2Cl)CCC1Cl. The summed E-state index contributed by atoms with van der Waals surface area (Å²) in [7, 11) is 0. The van der Waals surface area contributed by atoms with Crippen LogP contribution in [0.2, 0.25) is 5.02 Å². The molecule has 1 nitrogen and oxygen atoms in total. The largest absolute Gasteiger partial charge is 0.299 e. The van der Waals surface area contributed by atoms with Crippen LogP contribution in [-0.2, 0) is 6.54 Å². The van der Waals surface area contributed by atoms with Crippen LogP contribution in [-0.4, -0.2) is 23.4 Å². The molecular weight excluding hydrogens is 260 g/mol. The molecule has 1 heterocycles. The first-order valence-electron chi connectivity index (χ1n) is 5.87. The number of alkyl halides is 1. The Hall–Kier alpha value is -0.310. The van der Waals surface area contributed by atoms with Crippen LogP contribution in [0, 0.1) is 11.7 Å². The van der Waals surface area contributed by atoms with E-state index in [1.165, 1.54) is 6.07 Å². The average molecular weight is 276 g/mol. The number of halogens is 3. The van der Waals surface area contributed by atoms with E-state index in [1.54, 1.807) is 6.07 Å². The summed E-state index contributed by atoms with van der Waals surface area (Å²) < 4.78 is 13.3. The van der Waals surface area contributed by atoms with E-state index in [-0.39, 0.29) is 16.2 Å². The summed E-state index contributed by atoms with van der Waals surface area (Å²) >= 11 is 12.1. The van der Waals surface area contributed by atoms with Crippen molar-refractivity contribution in [3.05, 3.63) is 34.6 Å². The Kier molecular flexibility index (Phi) is 4.29. The maximum absolute atomic E-state index is 13.3. The predicted molar refractivity (Wildman–Crippen MR) is 70.1 cm³/mol. The highest BCUT2D eigenvalue weighted by atomic mass is 35.5. The zero-order valence-electron chi connectivity index (χ0n) is 9.80. The van der Waals surface area contributed by atoms with Gasteiger partial charge in [0.25, 0.3) is 0 Å². The molecule has 1 fully saturated rings. The molecule has 0 amide bonds. The minimum Gasteiger partial charge on any atom is -0.299 e. The number of rotatable bonds is 2. The molecule has 0 aliphatic carbocycles. The average Bonchev–Trinajstić information content (AvgIpc) is 2.30. The Bertz CT molecular complexity index is 397. The molecule has 0 saturated carbocycles. The molecular formula is C13H16Cl2FN. The molecule has 2 atom stereocenters. The van der Waals surface area contributed by atoms with Gasteiger partial charge in [-0.05, 0) is 30.5 Å². The van der Waals surface area contributed by atoms with E-state index >= 15 is 0 Å². The van der Waals surface area contributed by atoms with Crippen molar-refractivity contribution >= 4 is 23.2 Å². The van der Waals surface area contributed by atoms with E-state index in [2.05, 4.69) is 11.8 Å². The molecule has 0 aromatic heterocycles. The van der Waals surface area contributed by atoms with Crippen LogP contribution in [0.3, 0.4) is 0 Å². The zero-order valence-corrected chi connectivity index (χ0v) is 11.3. The van der Waals surface area contributed by atoms with Gasteiger partial charge in [-0.2, -0.15) is 0 Å². The van der Waals surface area contributed by atoms with E-state index in [9.17, 15) is 4.39 Å². The van der Waals surface area contributed by atoms with E-state index in [1.807, 2.05) is 6.07 Å². The molecule has 1 aromatic carbocycles. The summed E-state index contributed by atoms with van der Waals surface area (Å²) in [6.45, 7) is 4.74. The van der Waals surface area contributed by atoms with Crippen molar-refractivity contribution in [2.24, 2.45) is 5.92 Å². The maximum atomic E-state index is 13.3. The predicted octanol–water partition coefficient (Wildman–Crippen LogP) is 3.93. The highest BCUT2D eigenvalue weighted by Crippen LogP contribution is 2.26. The molecule has 1 saturated heterocycles. The van der Waals surface area contributed by atoms with Gasteiger partial charge in [-0.3, -0.25) is 4.90 Å². The Morgan fingerprint density at radius 3 is 2.94 bits per heavy atom. The van der Waals surface area contributed by atoms with Crippen molar-refractivity contribution in [1.82, 2.24) is 4.90 Å². The van der Waals surface area contributed by atoms with Crippen LogP contribution in [0.1, 0.15) is 18.9 Å². The van der Waals surface area contributed by atoms with Crippen LogP contribution in [0.4, 0.5) is 4.39 Å². The third-order valence-electron chi connectivity index (χ3n) is 3.31. The Balaban J connectivity index is 2.04. The Labute approximate surface area is 112 Å². The van der Waals surface area contributed by atoms with Gasteiger partial charge in [0.15, 0.2) is 0 Å². The number of piperidine rings is 1. The molecule has 0 spiro atoms. The van der Waals surface area contributed by atoms with Crippen molar-refractivity contribution in [3.8, 4) is 0 Å². The van der Waals surface area contributed by atoms with Crippen LogP contribution in [0.5, 0.6) is 0 Å². The highest BCUT2D eigenvalue weighted by molar-refractivity contribution is 6.31. The van der Waals surface area contributed by atoms with Crippen molar-refractivity contribution in [3.63, 3.8) is 0 Å². The second-order valence-corrected chi connectivity index (χ2v) is 5.67. The fourth-order valence-corrected chi connectivity index (χ4v) is 2.62. The minimum atomic E-state index is -0.343.